The Kier molecular flexibility index (Phi) is 9.45. The molecule has 2 atom stereocenters. The predicted octanol–water partition coefficient (Wildman–Crippen LogP) is 0.628. The highest BCUT2D eigenvalue weighted by Gasteiger charge is 2.26. The number of unbranched alkanes of at least 4 members (excludes halogenated alkanes) is 1. The van der Waals surface area contributed by atoms with Gasteiger partial charge < -0.3 is 31.1 Å². The molecule has 1 aromatic carbocycles. The number of methoxy groups -OCH3 is 1. The highest BCUT2D eigenvalue weighted by Crippen LogP contribution is 2.19. The van der Waals surface area contributed by atoms with Crippen molar-refractivity contribution >= 4 is 29.3 Å². The summed E-state index contributed by atoms with van der Waals surface area (Å²) in [6.45, 7) is 1.88. The van der Waals surface area contributed by atoms with E-state index in [-0.39, 0.29) is 30.6 Å². The van der Waals surface area contributed by atoms with Gasteiger partial charge in [-0.05, 0) is 12.0 Å². The van der Waals surface area contributed by atoms with Crippen LogP contribution in [0.25, 0.3) is 0 Å². The quantitative estimate of drug-likeness (QED) is 0.127. The van der Waals surface area contributed by atoms with E-state index >= 15 is 0 Å². The van der Waals surface area contributed by atoms with Crippen molar-refractivity contribution in [1.82, 2.24) is 10.6 Å². The van der Waals surface area contributed by atoms with E-state index in [1.165, 1.54) is 7.11 Å². The molecule has 1 aromatic rings. The molecule has 11 heteroatoms. The fourth-order valence-corrected chi connectivity index (χ4v) is 3.03. The van der Waals surface area contributed by atoms with Gasteiger partial charge in [0.05, 0.1) is 19.2 Å². The molecule has 0 aliphatic carbocycles. The summed E-state index contributed by atoms with van der Waals surface area (Å²) in [5, 5.41) is 20.9. The van der Waals surface area contributed by atoms with Crippen LogP contribution in [0.4, 0.5) is 0 Å². The molecule has 32 heavy (non-hydrogen) atoms. The fraction of sp³-hybridized carbons (Fsp3) is 0.476. The van der Waals surface area contributed by atoms with Crippen LogP contribution in [-0.2, 0) is 24.0 Å². The Morgan fingerprint density at radius 1 is 1.31 bits per heavy atom. The van der Waals surface area contributed by atoms with Crippen LogP contribution < -0.4 is 16.4 Å². The summed E-state index contributed by atoms with van der Waals surface area (Å²) in [5.74, 6) is -1.24. The number of benzene rings is 1. The molecule has 1 heterocycles. The molecule has 11 nitrogen and oxygen atoms in total. The number of rotatable bonds is 11. The van der Waals surface area contributed by atoms with Gasteiger partial charge in [0.2, 0.25) is 11.8 Å². The molecule has 0 aromatic heterocycles. The summed E-state index contributed by atoms with van der Waals surface area (Å²) in [6, 6.07) is 5.95. The van der Waals surface area contributed by atoms with Crippen molar-refractivity contribution in [3.05, 3.63) is 35.4 Å². The maximum atomic E-state index is 12.3. The highest BCUT2D eigenvalue weighted by atomic mass is 16.6. The van der Waals surface area contributed by atoms with E-state index < -0.39 is 18.1 Å². The van der Waals surface area contributed by atoms with Gasteiger partial charge in [-0.1, -0.05) is 47.9 Å². The van der Waals surface area contributed by atoms with Gasteiger partial charge in [-0.2, -0.15) is 0 Å². The van der Waals surface area contributed by atoms with Crippen LogP contribution in [-0.4, -0.2) is 60.3 Å². The van der Waals surface area contributed by atoms with Crippen molar-refractivity contribution in [1.29, 1.82) is 0 Å². The summed E-state index contributed by atoms with van der Waals surface area (Å²) in [6.07, 6.45) is 1.86. The first-order valence-electron chi connectivity index (χ1n) is 10.3. The first-order valence-corrected chi connectivity index (χ1v) is 10.3. The number of hydrogen-bond donors (Lipinski definition) is 4. The van der Waals surface area contributed by atoms with Crippen molar-refractivity contribution in [2.45, 2.75) is 51.2 Å². The Bertz CT molecular complexity index is 868. The number of amides is 2. The topological polar surface area (TPSA) is 165 Å². The van der Waals surface area contributed by atoms with E-state index in [4.69, 9.17) is 20.5 Å². The third-order valence-electron chi connectivity index (χ3n) is 4.85. The number of nitrogens with two attached hydrogens (primary N) is 1. The minimum absolute atomic E-state index is 0.00233. The lowest BCUT2D eigenvalue weighted by Gasteiger charge is -2.17. The van der Waals surface area contributed by atoms with Gasteiger partial charge >= 0.3 is 5.97 Å². The zero-order valence-electron chi connectivity index (χ0n) is 18.2. The van der Waals surface area contributed by atoms with Gasteiger partial charge in [0.15, 0.2) is 5.84 Å². The molecule has 2 rings (SSSR count). The maximum absolute atomic E-state index is 12.3. The Hall–Kier alpha value is -3.63. The minimum Gasteiger partial charge on any atom is -0.467 e. The zero-order valence-corrected chi connectivity index (χ0v) is 18.2. The van der Waals surface area contributed by atoms with Crippen LogP contribution in [0, 0.1) is 0 Å². The smallest absolute Gasteiger partial charge is 0.330 e. The Morgan fingerprint density at radius 3 is 2.66 bits per heavy atom. The van der Waals surface area contributed by atoms with Crippen LogP contribution in [0.15, 0.2) is 34.6 Å². The molecule has 0 fully saturated rings. The zero-order chi connectivity index (χ0) is 23.5. The largest absolute Gasteiger partial charge is 0.467 e. The fourth-order valence-electron chi connectivity index (χ4n) is 3.03. The third kappa shape index (κ3) is 7.25. The average Bonchev–Trinajstić information content (AvgIpc) is 3.27. The first kappa shape index (κ1) is 24.6. The third-order valence-corrected chi connectivity index (χ3v) is 4.85. The molecule has 2 amide bonds. The number of esters is 1. The molecule has 0 saturated carbocycles. The number of nitrogens with one attached hydrogen (secondary N) is 2. The maximum Gasteiger partial charge on any atom is 0.330 e. The van der Waals surface area contributed by atoms with E-state index in [0.29, 0.717) is 30.5 Å². The highest BCUT2D eigenvalue weighted by molar-refractivity contribution is 6.03. The van der Waals surface area contributed by atoms with Crippen molar-refractivity contribution in [2.24, 2.45) is 16.0 Å². The second-order valence-corrected chi connectivity index (χ2v) is 7.29. The lowest BCUT2D eigenvalue weighted by molar-refractivity contribution is -0.145. The van der Waals surface area contributed by atoms with Gasteiger partial charge in [0.25, 0.3) is 0 Å². The van der Waals surface area contributed by atoms with Crippen LogP contribution >= 0.6 is 0 Å². The average molecular weight is 447 g/mol. The van der Waals surface area contributed by atoms with E-state index in [1.807, 2.05) is 6.92 Å². The number of oxime groups is 2. The molecular weight excluding hydrogens is 418 g/mol. The van der Waals surface area contributed by atoms with Gasteiger partial charge in [-0.15, -0.1) is 0 Å². The number of nitrogens with zero attached hydrogens (tertiary/aromatic N) is 2. The summed E-state index contributed by atoms with van der Waals surface area (Å²) in [4.78, 5) is 41.5. The van der Waals surface area contributed by atoms with Gasteiger partial charge in [-0.25, -0.2) is 4.79 Å². The predicted molar refractivity (Wildman–Crippen MR) is 116 cm³/mol. The van der Waals surface area contributed by atoms with Crippen LogP contribution in [0.1, 0.15) is 50.2 Å². The SMILES string of the molecule is CCCCC(=O)N[C@@H](CNC(=O)C[C@H]1CC(c2ccc(/C(N)=N/O)cc2)=NO1)C(=O)OC. The number of hydrogen-bond acceptors (Lipinski definition) is 8. The molecule has 0 unspecified atom stereocenters. The van der Waals surface area contributed by atoms with Gasteiger partial charge in [0.1, 0.15) is 12.1 Å². The molecular formula is C21H29N5O6. The Labute approximate surface area is 186 Å². The minimum atomic E-state index is -0.960. The van der Waals surface area contributed by atoms with E-state index in [9.17, 15) is 14.4 Å². The molecule has 5 N–H and O–H groups in total. The van der Waals surface area contributed by atoms with Crippen LogP contribution in [0.2, 0.25) is 0 Å². The molecule has 0 radical (unpaired) electrons. The Balaban J connectivity index is 1.83. The van der Waals surface area contributed by atoms with Crippen molar-refractivity contribution in [2.75, 3.05) is 13.7 Å². The van der Waals surface area contributed by atoms with E-state index in [1.54, 1.807) is 24.3 Å². The molecule has 0 saturated heterocycles. The van der Waals surface area contributed by atoms with Gasteiger partial charge in [0, 0.05) is 24.9 Å². The summed E-state index contributed by atoms with van der Waals surface area (Å²) in [7, 11) is 1.22. The summed E-state index contributed by atoms with van der Waals surface area (Å²) < 4.78 is 4.70. The van der Waals surface area contributed by atoms with E-state index in [2.05, 4.69) is 20.9 Å². The van der Waals surface area contributed by atoms with E-state index in [0.717, 1.165) is 12.0 Å². The van der Waals surface area contributed by atoms with Gasteiger partial charge in [-0.3, -0.25) is 9.59 Å². The monoisotopic (exact) mass is 447 g/mol. The van der Waals surface area contributed by atoms with Crippen molar-refractivity contribution in [3.63, 3.8) is 0 Å². The van der Waals surface area contributed by atoms with Crippen LogP contribution in [0.5, 0.6) is 0 Å². The normalized spacial score (nSPS) is 16.5. The molecule has 0 spiro atoms. The standard InChI is InChI=1S/C21H29N5O6/c1-3-4-5-18(27)24-17(21(29)31-2)12-23-19(28)11-15-10-16(26-32-15)13-6-8-14(9-7-13)20(22)25-30/h6-9,15,17,30H,3-5,10-12H2,1-2H3,(H2,22,25)(H,23,28)(H,24,27)/t15-,17+/m1/s1. The number of amidine groups is 1. The van der Waals surface area contributed by atoms with Crippen molar-refractivity contribution in [3.8, 4) is 0 Å². The lowest BCUT2D eigenvalue weighted by Crippen LogP contribution is -2.49. The summed E-state index contributed by atoms with van der Waals surface area (Å²) >= 11 is 0. The number of carbonyl (C=O) groups excluding carboxylic acids is 3. The molecule has 174 valence electrons. The molecule has 1 aliphatic heterocycles. The molecule has 0 bridgehead atoms. The second kappa shape index (κ2) is 12.3. The Morgan fingerprint density at radius 2 is 2.03 bits per heavy atom. The number of ether oxygens (including phenoxy) is 1. The second-order valence-electron chi connectivity index (χ2n) is 7.29. The van der Waals surface area contributed by atoms with Crippen LogP contribution in [0.3, 0.4) is 0 Å². The lowest BCUT2D eigenvalue weighted by atomic mass is 10.0. The summed E-state index contributed by atoms with van der Waals surface area (Å²) in [5.41, 5.74) is 7.58. The first-order chi connectivity index (χ1) is 15.4. The molecule has 1 aliphatic rings. The number of carbonyl (C=O) groups is 3. The van der Waals surface area contributed by atoms with Crippen molar-refractivity contribution < 1.29 is 29.2 Å².